The first-order valence-corrected chi connectivity index (χ1v) is 6.81. The summed E-state index contributed by atoms with van der Waals surface area (Å²) < 4.78 is 0. The minimum atomic E-state index is -1.02. The van der Waals surface area contributed by atoms with Crippen LogP contribution in [-0.2, 0) is 0 Å². The Morgan fingerprint density at radius 1 is 1.15 bits per heavy atom. The number of aliphatic hydroxyl groups excluding tert-OH is 1. The molecule has 0 aliphatic rings. The van der Waals surface area contributed by atoms with Crippen molar-refractivity contribution in [3.63, 3.8) is 0 Å². The maximum atomic E-state index is 12.3. The molecule has 1 aromatic carbocycles. The van der Waals surface area contributed by atoms with E-state index < -0.39 is 5.97 Å². The van der Waals surface area contributed by atoms with Crippen LogP contribution in [0, 0.1) is 0 Å². The Bertz CT molecular complexity index is 592. The largest absolute Gasteiger partial charge is 0.478 e. The van der Waals surface area contributed by atoms with Gasteiger partial charge >= 0.3 is 5.97 Å². The van der Waals surface area contributed by atoms with Crippen LogP contribution >= 0.6 is 11.3 Å². The first-order chi connectivity index (χ1) is 9.63. The van der Waals surface area contributed by atoms with Gasteiger partial charge in [0.1, 0.15) is 0 Å². The Kier molecular flexibility index (Phi) is 4.49. The van der Waals surface area contributed by atoms with E-state index in [0.717, 1.165) is 0 Å². The van der Waals surface area contributed by atoms with Crippen molar-refractivity contribution in [1.82, 2.24) is 0 Å². The SMILES string of the molecule is O=C(O)c1ccc(N(CCO)C(=O)c2cccs2)cc1. The van der Waals surface area contributed by atoms with Crippen molar-refractivity contribution in [3.05, 3.63) is 52.2 Å². The number of carboxylic acids is 1. The van der Waals surface area contributed by atoms with Gasteiger partial charge in [0.05, 0.1) is 17.0 Å². The average molecular weight is 291 g/mol. The molecule has 2 rings (SSSR count). The Labute approximate surface area is 119 Å². The Balaban J connectivity index is 2.28. The zero-order chi connectivity index (χ0) is 14.5. The van der Waals surface area contributed by atoms with E-state index in [1.165, 1.54) is 28.4 Å². The van der Waals surface area contributed by atoms with Gasteiger partial charge in [0, 0.05) is 12.2 Å². The molecule has 0 bridgehead atoms. The Morgan fingerprint density at radius 3 is 2.35 bits per heavy atom. The number of aromatic carboxylic acids is 1. The quantitative estimate of drug-likeness (QED) is 0.884. The van der Waals surface area contributed by atoms with Gasteiger partial charge in [0.15, 0.2) is 0 Å². The summed E-state index contributed by atoms with van der Waals surface area (Å²) in [7, 11) is 0. The van der Waals surface area contributed by atoms with Gasteiger partial charge in [0.2, 0.25) is 0 Å². The zero-order valence-electron chi connectivity index (χ0n) is 10.5. The minimum absolute atomic E-state index is 0.154. The van der Waals surface area contributed by atoms with Crippen LogP contribution in [0.1, 0.15) is 20.0 Å². The molecular formula is C14H13NO4S. The molecule has 2 N–H and O–H groups in total. The number of amides is 1. The molecule has 2 aromatic rings. The Morgan fingerprint density at radius 2 is 1.85 bits per heavy atom. The highest BCUT2D eigenvalue weighted by atomic mass is 32.1. The lowest BCUT2D eigenvalue weighted by Gasteiger charge is -2.21. The second-order valence-corrected chi connectivity index (χ2v) is 4.96. The van der Waals surface area contributed by atoms with E-state index in [2.05, 4.69) is 0 Å². The topological polar surface area (TPSA) is 77.8 Å². The van der Waals surface area contributed by atoms with E-state index in [-0.39, 0.29) is 24.6 Å². The number of carbonyl (C=O) groups is 2. The first kappa shape index (κ1) is 14.2. The number of thiophene rings is 1. The third-order valence-corrected chi connectivity index (χ3v) is 3.58. The van der Waals surface area contributed by atoms with Crippen LogP contribution in [0.4, 0.5) is 5.69 Å². The van der Waals surface area contributed by atoms with E-state index in [0.29, 0.717) is 10.6 Å². The third-order valence-electron chi connectivity index (χ3n) is 2.73. The van der Waals surface area contributed by atoms with Crippen molar-refractivity contribution in [3.8, 4) is 0 Å². The predicted octanol–water partition coefficient (Wildman–Crippen LogP) is 2.09. The van der Waals surface area contributed by atoms with Gasteiger partial charge in [-0.25, -0.2) is 4.79 Å². The highest BCUT2D eigenvalue weighted by Crippen LogP contribution is 2.20. The fourth-order valence-corrected chi connectivity index (χ4v) is 2.44. The number of aliphatic hydroxyl groups is 1. The van der Waals surface area contributed by atoms with Gasteiger partial charge in [-0.05, 0) is 35.7 Å². The van der Waals surface area contributed by atoms with Crippen molar-refractivity contribution in [2.24, 2.45) is 0 Å². The average Bonchev–Trinajstić information content (AvgIpc) is 2.98. The number of anilines is 1. The van der Waals surface area contributed by atoms with Crippen LogP contribution in [0.2, 0.25) is 0 Å². The molecule has 0 aliphatic carbocycles. The predicted molar refractivity (Wildman–Crippen MR) is 76.5 cm³/mol. The summed E-state index contributed by atoms with van der Waals surface area (Å²) in [5.41, 5.74) is 0.712. The van der Waals surface area contributed by atoms with Crippen molar-refractivity contribution < 1.29 is 19.8 Å². The van der Waals surface area contributed by atoms with Crippen LogP contribution in [0.3, 0.4) is 0 Å². The molecule has 0 radical (unpaired) electrons. The summed E-state index contributed by atoms with van der Waals surface area (Å²) in [5, 5.41) is 19.8. The van der Waals surface area contributed by atoms with Gasteiger partial charge in [-0.2, -0.15) is 0 Å². The fraction of sp³-hybridized carbons (Fsp3) is 0.143. The second kappa shape index (κ2) is 6.31. The lowest BCUT2D eigenvalue weighted by Crippen LogP contribution is -2.33. The maximum Gasteiger partial charge on any atom is 0.335 e. The van der Waals surface area contributed by atoms with Gasteiger partial charge in [-0.15, -0.1) is 11.3 Å². The molecule has 0 unspecified atom stereocenters. The normalized spacial score (nSPS) is 10.2. The molecule has 0 saturated carbocycles. The van der Waals surface area contributed by atoms with E-state index in [1.54, 1.807) is 29.6 Å². The van der Waals surface area contributed by atoms with Crippen molar-refractivity contribution in [1.29, 1.82) is 0 Å². The van der Waals surface area contributed by atoms with Crippen molar-refractivity contribution in [2.45, 2.75) is 0 Å². The number of hydrogen-bond acceptors (Lipinski definition) is 4. The molecule has 20 heavy (non-hydrogen) atoms. The molecule has 5 nitrogen and oxygen atoms in total. The van der Waals surface area contributed by atoms with E-state index in [1.807, 2.05) is 0 Å². The number of rotatable bonds is 5. The molecule has 0 aliphatic heterocycles. The molecule has 0 fully saturated rings. The van der Waals surface area contributed by atoms with Crippen LogP contribution in [-0.4, -0.2) is 35.2 Å². The lowest BCUT2D eigenvalue weighted by atomic mass is 10.2. The lowest BCUT2D eigenvalue weighted by molar-refractivity contribution is 0.0696. The van der Waals surface area contributed by atoms with Crippen molar-refractivity contribution >= 4 is 28.9 Å². The van der Waals surface area contributed by atoms with Crippen LogP contribution in [0.25, 0.3) is 0 Å². The minimum Gasteiger partial charge on any atom is -0.478 e. The summed E-state index contributed by atoms with van der Waals surface area (Å²) in [6, 6.07) is 9.48. The summed E-state index contributed by atoms with van der Waals surface area (Å²) in [5.74, 6) is -1.23. The number of nitrogens with zero attached hydrogens (tertiary/aromatic N) is 1. The number of hydrogen-bond donors (Lipinski definition) is 2. The molecule has 1 heterocycles. The van der Waals surface area contributed by atoms with Gasteiger partial charge in [0.25, 0.3) is 5.91 Å². The van der Waals surface area contributed by atoms with E-state index >= 15 is 0 Å². The molecular weight excluding hydrogens is 278 g/mol. The molecule has 0 saturated heterocycles. The third kappa shape index (κ3) is 3.04. The van der Waals surface area contributed by atoms with Gasteiger partial charge in [-0.3, -0.25) is 4.79 Å². The monoisotopic (exact) mass is 291 g/mol. The number of benzene rings is 1. The summed E-state index contributed by atoms with van der Waals surface area (Å²) in [6.07, 6.45) is 0. The summed E-state index contributed by atoms with van der Waals surface area (Å²) in [4.78, 5) is 25.1. The number of carboxylic acid groups (broad SMARTS) is 1. The van der Waals surface area contributed by atoms with Gasteiger partial charge in [-0.1, -0.05) is 6.07 Å². The highest BCUT2D eigenvalue weighted by molar-refractivity contribution is 7.12. The molecule has 0 spiro atoms. The zero-order valence-corrected chi connectivity index (χ0v) is 11.3. The highest BCUT2D eigenvalue weighted by Gasteiger charge is 2.18. The van der Waals surface area contributed by atoms with Gasteiger partial charge < -0.3 is 15.1 Å². The van der Waals surface area contributed by atoms with Crippen LogP contribution in [0.15, 0.2) is 41.8 Å². The smallest absolute Gasteiger partial charge is 0.335 e. The second-order valence-electron chi connectivity index (χ2n) is 4.01. The maximum absolute atomic E-state index is 12.3. The van der Waals surface area contributed by atoms with Crippen LogP contribution < -0.4 is 4.90 Å². The molecule has 6 heteroatoms. The van der Waals surface area contributed by atoms with Crippen molar-refractivity contribution in [2.75, 3.05) is 18.1 Å². The molecule has 0 atom stereocenters. The van der Waals surface area contributed by atoms with E-state index in [9.17, 15) is 9.59 Å². The molecule has 1 amide bonds. The summed E-state index contributed by atoms with van der Waals surface area (Å²) in [6.45, 7) is -0.0129. The number of carbonyl (C=O) groups excluding carboxylic acids is 1. The van der Waals surface area contributed by atoms with Crippen LogP contribution in [0.5, 0.6) is 0 Å². The molecule has 104 valence electrons. The molecule has 1 aromatic heterocycles. The summed E-state index contributed by atoms with van der Waals surface area (Å²) >= 11 is 1.32. The fourth-order valence-electron chi connectivity index (χ4n) is 1.77. The standard InChI is InChI=1S/C14H13NO4S/c16-8-7-15(13(17)12-2-1-9-20-12)11-5-3-10(4-6-11)14(18)19/h1-6,9,16H,7-8H2,(H,18,19). The Hall–Kier alpha value is -2.18. The first-order valence-electron chi connectivity index (χ1n) is 5.93. The van der Waals surface area contributed by atoms with E-state index in [4.69, 9.17) is 10.2 Å².